The second-order valence-corrected chi connectivity index (χ2v) is 4.66. The summed E-state index contributed by atoms with van der Waals surface area (Å²) in [5.41, 5.74) is 0.655. The molecule has 1 heterocycles. The van der Waals surface area contributed by atoms with E-state index < -0.39 is 0 Å². The lowest BCUT2D eigenvalue weighted by molar-refractivity contribution is 0.0705. The zero-order valence-corrected chi connectivity index (χ0v) is 11.5. The molecule has 96 valence electrons. The molecule has 1 aromatic carbocycles. The third-order valence-corrected chi connectivity index (χ3v) is 2.99. The van der Waals surface area contributed by atoms with Gasteiger partial charge in [0.25, 0.3) is 0 Å². The lowest BCUT2D eigenvalue weighted by Crippen LogP contribution is -2.16. The predicted molar refractivity (Wildman–Crippen MR) is 71.5 cm³/mol. The van der Waals surface area contributed by atoms with Gasteiger partial charge in [0.2, 0.25) is 5.88 Å². The van der Waals surface area contributed by atoms with Crippen molar-refractivity contribution >= 4 is 34.1 Å². The van der Waals surface area contributed by atoms with Gasteiger partial charge in [-0.05, 0) is 19.1 Å². The summed E-state index contributed by atoms with van der Waals surface area (Å²) in [6.07, 6.45) is 1.39. The average molecular weight is 287 g/mol. The van der Waals surface area contributed by atoms with E-state index in [4.69, 9.17) is 32.7 Å². The Morgan fingerprint density at radius 2 is 2.06 bits per heavy atom. The Hall–Kier alpha value is -1.10. The molecule has 4 nitrogen and oxygen atoms in total. The van der Waals surface area contributed by atoms with Crippen LogP contribution in [0.4, 0.5) is 0 Å². The van der Waals surface area contributed by atoms with Crippen molar-refractivity contribution in [1.29, 1.82) is 0 Å². The van der Waals surface area contributed by atoms with Crippen molar-refractivity contribution in [3.8, 4) is 5.88 Å². The zero-order chi connectivity index (χ0) is 13.1. The van der Waals surface area contributed by atoms with Crippen LogP contribution in [-0.4, -0.2) is 29.8 Å². The number of aromatic nitrogens is 2. The van der Waals surface area contributed by atoms with Crippen LogP contribution in [0, 0.1) is 0 Å². The van der Waals surface area contributed by atoms with Gasteiger partial charge < -0.3 is 9.47 Å². The molecular weight excluding hydrogens is 275 g/mol. The Bertz CT molecular complexity index is 563. The highest BCUT2D eigenvalue weighted by Crippen LogP contribution is 2.32. The smallest absolute Gasteiger partial charge is 0.226 e. The van der Waals surface area contributed by atoms with E-state index in [9.17, 15) is 0 Å². The number of rotatable bonds is 4. The van der Waals surface area contributed by atoms with Gasteiger partial charge in [-0.1, -0.05) is 23.2 Å². The van der Waals surface area contributed by atoms with Crippen molar-refractivity contribution < 1.29 is 9.47 Å². The summed E-state index contributed by atoms with van der Waals surface area (Å²) < 4.78 is 10.7. The maximum atomic E-state index is 6.14. The number of nitrogens with zero attached hydrogens (tertiary/aromatic N) is 2. The first-order chi connectivity index (χ1) is 8.61. The van der Waals surface area contributed by atoms with Crippen LogP contribution in [0.3, 0.4) is 0 Å². The summed E-state index contributed by atoms with van der Waals surface area (Å²) in [6, 6.07) is 3.36. The van der Waals surface area contributed by atoms with Gasteiger partial charge in [0.15, 0.2) is 0 Å². The van der Waals surface area contributed by atoms with E-state index in [0.717, 1.165) is 0 Å². The van der Waals surface area contributed by atoms with Crippen LogP contribution in [0.25, 0.3) is 10.9 Å². The highest BCUT2D eigenvalue weighted by molar-refractivity contribution is 6.38. The van der Waals surface area contributed by atoms with Gasteiger partial charge in [0, 0.05) is 12.1 Å². The van der Waals surface area contributed by atoms with Crippen LogP contribution in [0.5, 0.6) is 5.88 Å². The Balaban J connectivity index is 2.39. The molecule has 0 spiro atoms. The summed E-state index contributed by atoms with van der Waals surface area (Å²) in [4.78, 5) is 8.21. The fourth-order valence-electron chi connectivity index (χ4n) is 1.46. The van der Waals surface area contributed by atoms with Crippen LogP contribution in [-0.2, 0) is 4.74 Å². The number of hydrogen-bond acceptors (Lipinski definition) is 4. The highest BCUT2D eigenvalue weighted by Gasteiger charge is 2.11. The van der Waals surface area contributed by atoms with Crippen molar-refractivity contribution in [2.24, 2.45) is 0 Å². The van der Waals surface area contributed by atoms with Crippen molar-refractivity contribution in [3.05, 3.63) is 28.5 Å². The minimum absolute atomic E-state index is 0.0268. The summed E-state index contributed by atoms with van der Waals surface area (Å²) in [7, 11) is 1.62. The standard InChI is InChI=1S/C12H12Cl2N2O2/c1-7(17-2)5-18-12-11-9(14)3-8(13)4-10(11)15-6-16-12/h3-4,6-7H,5H2,1-2H3. The van der Waals surface area contributed by atoms with Crippen LogP contribution >= 0.6 is 23.2 Å². The molecule has 0 saturated heterocycles. The first-order valence-electron chi connectivity index (χ1n) is 5.37. The van der Waals surface area contributed by atoms with Crippen molar-refractivity contribution in [2.45, 2.75) is 13.0 Å². The van der Waals surface area contributed by atoms with Gasteiger partial charge in [-0.15, -0.1) is 0 Å². The maximum absolute atomic E-state index is 6.14. The van der Waals surface area contributed by atoms with Gasteiger partial charge in [-0.3, -0.25) is 0 Å². The van der Waals surface area contributed by atoms with Gasteiger partial charge in [0.1, 0.15) is 12.9 Å². The largest absolute Gasteiger partial charge is 0.474 e. The van der Waals surface area contributed by atoms with E-state index >= 15 is 0 Å². The van der Waals surface area contributed by atoms with E-state index in [2.05, 4.69) is 9.97 Å². The molecule has 0 aliphatic rings. The number of halogens is 2. The second-order valence-electron chi connectivity index (χ2n) is 3.82. The third-order valence-electron chi connectivity index (χ3n) is 2.48. The van der Waals surface area contributed by atoms with E-state index in [1.807, 2.05) is 6.92 Å². The molecule has 18 heavy (non-hydrogen) atoms. The molecule has 0 amide bonds. The molecule has 1 unspecified atom stereocenters. The Morgan fingerprint density at radius 3 is 2.78 bits per heavy atom. The maximum Gasteiger partial charge on any atom is 0.226 e. The van der Waals surface area contributed by atoms with Crippen LogP contribution in [0.15, 0.2) is 18.5 Å². The molecule has 0 N–H and O–H groups in total. The number of fused-ring (bicyclic) bond motifs is 1. The molecule has 0 fully saturated rings. The monoisotopic (exact) mass is 286 g/mol. The number of benzene rings is 1. The van der Waals surface area contributed by atoms with E-state index in [1.54, 1.807) is 19.2 Å². The number of hydrogen-bond donors (Lipinski definition) is 0. The molecule has 6 heteroatoms. The van der Waals surface area contributed by atoms with Crippen LogP contribution in [0.1, 0.15) is 6.92 Å². The van der Waals surface area contributed by atoms with E-state index in [-0.39, 0.29) is 6.10 Å². The normalized spacial score (nSPS) is 12.7. The number of ether oxygens (including phenoxy) is 2. The lowest BCUT2D eigenvalue weighted by atomic mass is 10.2. The Labute approximate surface area is 115 Å². The second kappa shape index (κ2) is 5.69. The molecule has 0 bridgehead atoms. The van der Waals surface area contributed by atoms with Gasteiger partial charge >= 0.3 is 0 Å². The lowest BCUT2D eigenvalue weighted by Gasteiger charge is -2.12. The minimum Gasteiger partial charge on any atom is -0.474 e. The average Bonchev–Trinajstić information content (AvgIpc) is 2.35. The van der Waals surface area contributed by atoms with Crippen molar-refractivity contribution in [3.63, 3.8) is 0 Å². The zero-order valence-electron chi connectivity index (χ0n) is 9.98. The van der Waals surface area contributed by atoms with E-state index in [1.165, 1.54) is 6.33 Å². The first kappa shape index (κ1) is 13.3. The summed E-state index contributed by atoms with van der Waals surface area (Å²) in [5, 5.41) is 1.66. The van der Waals surface area contributed by atoms with Crippen molar-refractivity contribution in [1.82, 2.24) is 9.97 Å². The SMILES string of the molecule is COC(C)COc1ncnc2cc(Cl)cc(Cl)c12. The number of methoxy groups -OCH3 is 1. The van der Waals surface area contributed by atoms with Gasteiger partial charge in [-0.2, -0.15) is 0 Å². The van der Waals surface area contributed by atoms with Crippen LogP contribution < -0.4 is 4.74 Å². The predicted octanol–water partition coefficient (Wildman–Crippen LogP) is 3.35. The summed E-state index contributed by atoms with van der Waals surface area (Å²) in [6.45, 7) is 2.30. The third kappa shape index (κ3) is 2.83. The summed E-state index contributed by atoms with van der Waals surface area (Å²) in [5.74, 6) is 0.436. The molecule has 0 aliphatic heterocycles. The summed E-state index contributed by atoms with van der Waals surface area (Å²) >= 11 is 12.1. The van der Waals surface area contributed by atoms with Crippen LogP contribution in [0.2, 0.25) is 10.0 Å². The quantitative estimate of drug-likeness (QED) is 0.865. The Morgan fingerprint density at radius 1 is 1.28 bits per heavy atom. The van der Waals surface area contributed by atoms with Crippen molar-refractivity contribution in [2.75, 3.05) is 13.7 Å². The van der Waals surface area contributed by atoms with Gasteiger partial charge in [0.05, 0.1) is 22.0 Å². The fourth-order valence-corrected chi connectivity index (χ4v) is 2.02. The first-order valence-corrected chi connectivity index (χ1v) is 6.12. The molecule has 2 rings (SSSR count). The molecule has 2 aromatic rings. The molecule has 1 aromatic heterocycles. The fraction of sp³-hybridized carbons (Fsp3) is 0.333. The highest BCUT2D eigenvalue weighted by atomic mass is 35.5. The molecule has 0 aliphatic carbocycles. The molecule has 0 radical (unpaired) electrons. The Kier molecular flexibility index (Phi) is 4.22. The molecule has 1 atom stereocenters. The molecular formula is C12H12Cl2N2O2. The minimum atomic E-state index is -0.0268. The van der Waals surface area contributed by atoms with E-state index in [0.29, 0.717) is 33.4 Å². The van der Waals surface area contributed by atoms with Gasteiger partial charge in [-0.25, -0.2) is 9.97 Å². The molecule has 0 saturated carbocycles. The topological polar surface area (TPSA) is 44.2 Å².